The smallest absolute Gasteiger partial charge is 0.191 e. The van der Waals surface area contributed by atoms with E-state index in [-0.39, 0.29) is 24.0 Å². The van der Waals surface area contributed by atoms with E-state index in [4.69, 9.17) is 4.74 Å². The van der Waals surface area contributed by atoms with E-state index in [2.05, 4.69) is 56.0 Å². The molecule has 1 aliphatic heterocycles. The summed E-state index contributed by atoms with van der Waals surface area (Å²) in [4.78, 5) is 6.82. The molecule has 146 valence electrons. The lowest BCUT2D eigenvalue weighted by molar-refractivity contribution is 0.221. The van der Waals surface area contributed by atoms with Crippen LogP contribution >= 0.6 is 39.9 Å². The average Bonchev–Trinajstić information content (AvgIpc) is 2.59. The van der Waals surface area contributed by atoms with Crippen LogP contribution in [0.4, 0.5) is 0 Å². The molecule has 0 amide bonds. The Kier molecular flexibility index (Phi) is 10.6. The van der Waals surface area contributed by atoms with Crippen LogP contribution in [0, 0.1) is 0 Å². The largest absolute Gasteiger partial charge is 0.496 e. The number of hydrogen-bond donors (Lipinski definition) is 2. The molecule has 0 radical (unpaired) electrons. The van der Waals surface area contributed by atoms with Crippen LogP contribution in [0.25, 0.3) is 0 Å². The van der Waals surface area contributed by atoms with Crippen LogP contribution in [0.15, 0.2) is 39.8 Å². The van der Waals surface area contributed by atoms with Gasteiger partial charge in [0.2, 0.25) is 0 Å². The molecule has 1 saturated heterocycles. The normalized spacial score (nSPS) is 15.9. The van der Waals surface area contributed by atoms with Crippen molar-refractivity contribution < 1.29 is 4.74 Å². The van der Waals surface area contributed by atoms with E-state index in [1.54, 1.807) is 7.11 Å². The van der Waals surface area contributed by atoms with Crippen molar-refractivity contribution in [2.75, 3.05) is 33.8 Å². The lowest BCUT2D eigenvalue weighted by Crippen LogP contribution is -2.48. The Morgan fingerprint density at radius 2 is 2.08 bits per heavy atom. The maximum Gasteiger partial charge on any atom is 0.191 e. The molecule has 2 N–H and O–H groups in total. The van der Waals surface area contributed by atoms with Crippen LogP contribution in [-0.4, -0.2) is 50.7 Å². The Morgan fingerprint density at radius 3 is 2.65 bits per heavy atom. The van der Waals surface area contributed by atoms with E-state index in [0.717, 1.165) is 54.2 Å². The van der Waals surface area contributed by atoms with Crippen molar-refractivity contribution in [2.45, 2.75) is 32.4 Å². The predicted octanol–water partition coefficient (Wildman–Crippen LogP) is 3.78. The number of nitrogens with zero attached hydrogens (tertiary/aromatic N) is 2. The zero-order valence-electron chi connectivity index (χ0n) is 15.8. The Balaban J connectivity index is 0.00000338. The molecular formula is C19H30BrIN4O. The van der Waals surface area contributed by atoms with Gasteiger partial charge in [-0.2, -0.15) is 0 Å². The summed E-state index contributed by atoms with van der Waals surface area (Å²) < 4.78 is 6.47. The van der Waals surface area contributed by atoms with Crippen LogP contribution in [0.2, 0.25) is 0 Å². The van der Waals surface area contributed by atoms with Crippen molar-refractivity contribution in [2.24, 2.45) is 4.99 Å². The first-order valence-corrected chi connectivity index (χ1v) is 9.47. The number of halogens is 2. The van der Waals surface area contributed by atoms with Gasteiger partial charge in [-0.15, -0.1) is 24.0 Å². The van der Waals surface area contributed by atoms with E-state index < -0.39 is 0 Å². The lowest BCUT2D eigenvalue weighted by atomic mass is 10.0. The first-order valence-electron chi connectivity index (χ1n) is 8.68. The molecule has 0 atom stereocenters. The summed E-state index contributed by atoms with van der Waals surface area (Å²) in [5.74, 6) is 1.71. The van der Waals surface area contributed by atoms with Gasteiger partial charge in [0.05, 0.1) is 7.11 Å². The number of likely N-dealkylation sites (tertiary alicyclic amines) is 1. The van der Waals surface area contributed by atoms with Crippen LogP contribution in [-0.2, 0) is 6.54 Å². The van der Waals surface area contributed by atoms with Gasteiger partial charge in [0.25, 0.3) is 0 Å². The van der Waals surface area contributed by atoms with Gasteiger partial charge in [-0.05, 0) is 38.0 Å². The van der Waals surface area contributed by atoms with Gasteiger partial charge < -0.3 is 15.4 Å². The fourth-order valence-electron chi connectivity index (χ4n) is 3.07. The molecule has 0 saturated carbocycles. The number of aliphatic imine (C=N–C) groups is 1. The third kappa shape index (κ3) is 7.44. The van der Waals surface area contributed by atoms with Crippen LogP contribution in [0.1, 0.15) is 25.3 Å². The number of methoxy groups -OCH3 is 1. The molecule has 1 aromatic carbocycles. The van der Waals surface area contributed by atoms with Gasteiger partial charge >= 0.3 is 0 Å². The van der Waals surface area contributed by atoms with Crippen LogP contribution < -0.4 is 15.4 Å². The second-order valence-corrected chi connectivity index (χ2v) is 7.45. The SMILES string of the molecule is C=C(C)CN1CCC(NC(=NC)NCc2cc(Br)ccc2OC)CC1.I. The van der Waals surface area contributed by atoms with Gasteiger partial charge in [-0.25, -0.2) is 0 Å². The third-order valence-corrected chi connectivity index (χ3v) is 4.83. The number of guanidine groups is 1. The van der Waals surface area contributed by atoms with E-state index in [0.29, 0.717) is 12.6 Å². The van der Waals surface area contributed by atoms with Gasteiger partial charge in [0, 0.05) is 49.3 Å². The molecule has 0 aliphatic carbocycles. The highest BCUT2D eigenvalue weighted by molar-refractivity contribution is 14.0. The number of hydrogen-bond acceptors (Lipinski definition) is 3. The predicted molar refractivity (Wildman–Crippen MR) is 124 cm³/mol. The molecule has 2 rings (SSSR count). The minimum Gasteiger partial charge on any atom is -0.496 e. The summed E-state index contributed by atoms with van der Waals surface area (Å²) in [7, 11) is 3.50. The summed E-state index contributed by atoms with van der Waals surface area (Å²) >= 11 is 3.51. The fourth-order valence-corrected chi connectivity index (χ4v) is 3.48. The zero-order chi connectivity index (χ0) is 18.2. The molecule has 7 heteroatoms. The topological polar surface area (TPSA) is 48.9 Å². The van der Waals surface area contributed by atoms with E-state index >= 15 is 0 Å². The molecule has 1 heterocycles. The Hall–Kier alpha value is -0.800. The average molecular weight is 537 g/mol. The second-order valence-electron chi connectivity index (χ2n) is 6.53. The highest BCUT2D eigenvalue weighted by atomic mass is 127. The highest BCUT2D eigenvalue weighted by Gasteiger charge is 2.19. The molecule has 26 heavy (non-hydrogen) atoms. The van der Waals surface area contributed by atoms with Crippen LogP contribution in [0.3, 0.4) is 0 Å². The molecule has 1 aliphatic rings. The number of ether oxygens (including phenoxy) is 1. The van der Waals surface area contributed by atoms with Crippen molar-refractivity contribution >= 4 is 45.9 Å². The van der Waals surface area contributed by atoms with Crippen molar-refractivity contribution in [3.8, 4) is 5.75 Å². The zero-order valence-corrected chi connectivity index (χ0v) is 19.8. The summed E-state index contributed by atoms with van der Waals surface area (Å²) in [5.41, 5.74) is 2.32. The minimum absolute atomic E-state index is 0. The lowest BCUT2D eigenvalue weighted by Gasteiger charge is -2.33. The number of rotatable bonds is 6. The summed E-state index contributed by atoms with van der Waals surface area (Å²) in [5, 5.41) is 6.93. The van der Waals surface area contributed by atoms with E-state index in [1.807, 2.05) is 19.2 Å². The van der Waals surface area contributed by atoms with Gasteiger partial charge in [-0.3, -0.25) is 9.89 Å². The summed E-state index contributed by atoms with van der Waals surface area (Å²) in [6.45, 7) is 9.96. The summed E-state index contributed by atoms with van der Waals surface area (Å²) in [6, 6.07) is 6.47. The second kappa shape index (κ2) is 11.8. The monoisotopic (exact) mass is 536 g/mol. The van der Waals surface area contributed by atoms with E-state index in [9.17, 15) is 0 Å². The number of benzene rings is 1. The van der Waals surface area contributed by atoms with E-state index in [1.165, 1.54) is 5.57 Å². The van der Waals surface area contributed by atoms with Crippen molar-refractivity contribution in [1.82, 2.24) is 15.5 Å². The number of piperidine rings is 1. The van der Waals surface area contributed by atoms with Crippen molar-refractivity contribution in [1.29, 1.82) is 0 Å². The highest BCUT2D eigenvalue weighted by Crippen LogP contribution is 2.22. The van der Waals surface area contributed by atoms with Crippen molar-refractivity contribution in [3.63, 3.8) is 0 Å². The van der Waals surface area contributed by atoms with Gasteiger partial charge in [0.15, 0.2) is 5.96 Å². The van der Waals surface area contributed by atoms with Crippen molar-refractivity contribution in [3.05, 3.63) is 40.4 Å². The van der Waals surface area contributed by atoms with Crippen LogP contribution in [0.5, 0.6) is 5.75 Å². The molecule has 0 spiro atoms. The minimum atomic E-state index is 0. The molecule has 0 aromatic heterocycles. The van der Waals surface area contributed by atoms with Gasteiger partial charge in [0.1, 0.15) is 5.75 Å². The Morgan fingerprint density at radius 1 is 1.38 bits per heavy atom. The molecular weight excluding hydrogens is 507 g/mol. The summed E-state index contributed by atoms with van der Waals surface area (Å²) in [6.07, 6.45) is 2.24. The standard InChI is InChI=1S/C19H29BrN4O.HI/c1-14(2)13-24-9-7-17(8-10-24)23-19(21-3)22-12-15-11-16(20)5-6-18(15)25-4;/h5-6,11,17H,1,7-10,12-13H2,2-4H3,(H2,21,22,23);1H. The maximum atomic E-state index is 5.43. The third-order valence-electron chi connectivity index (χ3n) is 4.33. The number of nitrogens with one attached hydrogen (secondary N) is 2. The quantitative estimate of drug-likeness (QED) is 0.251. The molecule has 0 unspecified atom stereocenters. The molecule has 5 nitrogen and oxygen atoms in total. The maximum absolute atomic E-state index is 5.43. The molecule has 0 bridgehead atoms. The van der Waals surface area contributed by atoms with Gasteiger partial charge in [-0.1, -0.05) is 28.1 Å². The Bertz CT molecular complexity index is 616. The molecule has 1 fully saturated rings. The first kappa shape index (κ1) is 23.2. The Labute approximate surface area is 182 Å². The fraction of sp³-hybridized carbons (Fsp3) is 0.526. The first-order chi connectivity index (χ1) is 12.0. The molecule has 1 aromatic rings.